The number of rotatable bonds is 4. The molecule has 0 aromatic carbocycles. The summed E-state index contributed by atoms with van der Waals surface area (Å²) in [5.41, 5.74) is 0.462. The predicted molar refractivity (Wildman–Crippen MR) is 79.0 cm³/mol. The molecule has 2 N–H and O–H groups in total. The van der Waals surface area contributed by atoms with Crippen LogP contribution in [0.4, 0.5) is 0 Å². The molecule has 1 atom stereocenters. The molecular weight excluding hydrogens is 296 g/mol. The average molecular weight is 310 g/mol. The molecule has 2 aromatic rings. The smallest absolute Gasteiger partial charge is 0.270 e. The first-order valence-corrected chi connectivity index (χ1v) is 8.26. The highest BCUT2D eigenvalue weighted by Gasteiger charge is 2.32. The molecule has 0 radical (unpaired) electrons. The molecular formula is C13H14N2O3S2. The van der Waals surface area contributed by atoms with E-state index in [4.69, 9.17) is 4.42 Å². The zero-order valence-electron chi connectivity index (χ0n) is 10.7. The molecule has 3 heterocycles. The lowest BCUT2D eigenvalue weighted by Crippen LogP contribution is -2.43. The summed E-state index contributed by atoms with van der Waals surface area (Å²) in [5.74, 6) is 1.36. The van der Waals surface area contributed by atoms with Crippen LogP contribution in [0.25, 0.3) is 10.6 Å². The molecule has 5 nitrogen and oxygen atoms in total. The van der Waals surface area contributed by atoms with E-state index in [0.29, 0.717) is 11.4 Å². The fraction of sp³-hybridized carbons (Fsp3) is 0.385. The molecule has 1 aliphatic rings. The van der Waals surface area contributed by atoms with Gasteiger partial charge in [-0.25, -0.2) is 4.98 Å². The van der Waals surface area contributed by atoms with Crippen LogP contribution in [0.5, 0.6) is 0 Å². The summed E-state index contributed by atoms with van der Waals surface area (Å²) in [6.45, 7) is 0.275. The van der Waals surface area contributed by atoms with Crippen LogP contribution in [0, 0.1) is 0 Å². The van der Waals surface area contributed by atoms with E-state index in [2.05, 4.69) is 10.3 Å². The molecule has 106 valence electrons. The summed E-state index contributed by atoms with van der Waals surface area (Å²) in [7, 11) is 0. The van der Waals surface area contributed by atoms with Crippen molar-refractivity contribution >= 4 is 29.0 Å². The Morgan fingerprint density at radius 3 is 3.20 bits per heavy atom. The van der Waals surface area contributed by atoms with Crippen LogP contribution in [0.1, 0.15) is 16.9 Å². The van der Waals surface area contributed by atoms with Gasteiger partial charge in [0.15, 0.2) is 0 Å². The lowest BCUT2D eigenvalue weighted by Gasteiger charge is -2.21. The Bertz CT molecular complexity index is 589. The quantitative estimate of drug-likeness (QED) is 0.903. The van der Waals surface area contributed by atoms with Crippen molar-refractivity contribution in [2.75, 3.05) is 18.1 Å². The van der Waals surface area contributed by atoms with E-state index in [1.54, 1.807) is 35.7 Å². The third kappa shape index (κ3) is 2.89. The maximum absolute atomic E-state index is 12.0. The number of aromatic nitrogens is 1. The van der Waals surface area contributed by atoms with Crippen molar-refractivity contribution in [2.45, 2.75) is 12.0 Å². The Morgan fingerprint density at radius 1 is 1.60 bits per heavy atom. The van der Waals surface area contributed by atoms with Crippen LogP contribution in [-0.4, -0.2) is 39.6 Å². The topological polar surface area (TPSA) is 75.4 Å². The summed E-state index contributed by atoms with van der Waals surface area (Å²) in [6, 6.07) is 1.80. The third-order valence-electron chi connectivity index (χ3n) is 3.17. The number of carbonyl (C=O) groups excluding carboxylic acids is 1. The van der Waals surface area contributed by atoms with Crippen molar-refractivity contribution in [3.8, 4) is 10.6 Å². The number of hydrogen-bond acceptors (Lipinski definition) is 6. The summed E-state index contributed by atoms with van der Waals surface area (Å²) < 4.78 is 5.00. The highest BCUT2D eigenvalue weighted by atomic mass is 32.2. The Balaban J connectivity index is 1.63. The van der Waals surface area contributed by atoms with Crippen LogP contribution in [0.2, 0.25) is 0 Å². The molecule has 7 heteroatoms. The SMILES string of the molecule is O=C(NCC1(O)CCSC1)c1csc(-c2ccoc2)n1. The Morgan fingerprint density at radius 2 is 2.50 bits per heavy atom. The third-order valence-corrected chi connectivity index (χ3v) is 5.29. The van der Waals surface area contributed by atoms with Crippen LogP contribution >= 0.6 is 23.1 Å². The lowest BCUT2D eigenvalue weighted by molar-refractivity contribution is 0.0611. The second-order valence-electron chi connectivity index (χ2n) is 4.76. The molecule has 2 aromatic heterocycles. The van der Waals surface area contributed by atoms with Crippen molar-refractivity contribution in [3.05, 3.63) is 29.7 Å². The van der Waals surface area contributed by atoms with Gasteiger partial charge in [-0.1, -0.05) is 0 Å². The van der Waals surface area contributed by atoms with Crippen molar-refractivity contribution in [1.82, 2.24) is 10.3 Å². The van der Waals surface area contributed by atoms with Gasteiger partial charge in [-0.3, -0.25) is 4.79 Å². The number of nitrogens with one attached hydrogen (secondary N) is 1. The number of thioether (sulfide) groups is 1. The number of nitrogens with zero attached hydrogens (tertiary/aromatic N) is 1. The summed E-state index contributed by atoms with van der Waals surface area (Å²) >= 11 is 3.10. The first kappa shape index (κ1) is 13.7. The molecule has 3 rings (SSSR count). The largest absolute Gasteiger partial charge is 0.472 e. The van der Waals surface area contributed by atoms with E-state index in [1.165, 1.54) is 11.3 Å². The predicted octanol–water partition coefficient (Wildman–Crippen LogP) is 2.00. The molecule has 0 bridgehead atoms. The van der Waals surface area contributed by atoms with Crippen molar-refractivity contribution in [3.63, 3.8) is 0 Å². The van der Waals surface area contributed by atoms with Gasteiger partial charge in [0.2, 0.25) is 0 Å². The number of hydrogen-bond donors (Lipinski definition) is 2. The molecule has 1 saturated heterocycles. The molecule has 1 fully saturated rings. The van der Waals surface area contributed by atoms with E-state index in [-0.39, 0.29) is 12.5 Å². The standard InChI is InChI=1S/C13H14N2O3S2/c16-11(14-7-13(17)2-4-19-8-13)10-6-20-12(15-10)9-1-3-18-5-9/h1,3,5-6,17H,2,4,7-8H2,(H,14,16). The van der Waals surface area contributed by atoms with Gasteiger partial charge in [0.25, 0.3) is 5.91 Å². The minimum Gasteiger partial charge on any atom is -0.472 e. The summed E-state index contributed by atoms with van der Waals surface area (Å²) in [4.78, 5) is 16.3. The van der Waals surface area contributed by atoms with Gasteiger partial charge in [0.05, 0.1) is 11.9 Å². The van der Waals surface area contributed by atoms with Gasteiger partial charge < -0.3 is 14.8 Å². The zero-order chi connectivity index (χ0) is 14.0. The fourth-order valence-electron chi connectivity index (χ4n) is 1.97. The number of carbonyl (C=O) groups is 1. The van der Waals surface area contributed by atoms with Crippen LogP contribution < -0.4 is 5.32 Å². The van der Waals surface area contributed by atoms with Gasteiger partial charge in [-0.05, 0) is 18.2 Å². The van der Waals surface area contributed by atoms with Crippen LogP contribution in [-0.2, 0) is 0 Å². The number of thiazole rings is 1. The highest BCUT2D eigenvalue weighted by Crippen LogP contribution is 2.27. The zero-order valence-corrected chi connectivity index (χ0v) is 12.3. The number of aliphatic hydroxyl groups is 1. The van der Waals surface area contributed by atoms with Gasteiger partial charge >= 0.3 is 0 Å². The summed E-state index contributed by atoms with van der Waals surface area (Å²) in [6.07, 6.45) is 3.89. The molecule has 1 unspecified atom stereocenters. The molecule has 1 amide bonds. The first-order chi connectivity index (χ1) is 9.66. The number of amides is 1. The molecule has 0 aliphatic carbocycles. The van der Waals surface area contributed by atoms with Crippen molar-refractivity contribution in [1.29, 1.82) is 0 Å². The Kier molecular flexibility index (Phi) is 3.82. The molecule has 1 aliphatic heterocycles. The minimum absolute atomic E-state index is 0.249. The van der Waals surface area contributed by atoms with Crippen LogP contribution in [0.3, 0.4) is 0 Å². The van der Waals surface area contributed by atoms with Gasteiger partial charge in [-0.2, -0.15) is 11.8 Å². The Hall–Kier alpha value is -1.31. The maximum atomic E-state index is 12.0. The van der Waals surface area contributed by atoms with Crippen molar-refractivity contribution < 1.29 is 14.3 Å². The van der Waals surface area contributed by atoms with Gasteiger partial charge in [-0.15, -0.1) is 11.3 Å². The maximum Gasteiger partial charge on any atom is 0.270 e. The Labute approximate surface area is 124 Å². The normalized spacial score (nSPS) is 22.1. The first-order valence-electron chi connectivity index (χ1n) is 6.23. The number of furan rings is 1. The van der Waals surface area contributed by atoms with E-state index in [1.807, 2.05) is 0 Å². The average Bonchev–Trinajstić information content (AvgIpc) is 3.16. The molecule has 20 heavy (non-hydrogen) atoms. The van der Waals surface area contributed by atoms with E-state index in [9.17, 15) is 9.90 Å². The second-order valence-corrected chi connectivity index (χ2v) is 6.72. The fourth-order valence-corrected chi connectivity index (χ4v) is 4.05. The van der Waals surface area contributed by atoms with E-state index >= 15 is 0 Å². The van der Waals surface area contributed by atoms with Gasteiger partial charge in [0.1, 0.15) is 17.0 Å². The van der Waals surface area contributed by atoms with Crippen LogP contribution in [0.15, 0.2) is 28.4 Å². The van der Waals surface area contributed by atoms with E-state index < -0.39 is 5.60 Å². The second kappa shape index (κ2) is 5.59. The van der Waals surface area contributed by atoms with Gasteiger partial charge in [0, 0.05) is 23.2 Å². The summed E-state index contributed by atoms with van der Waals surface area (Å²) in [5, 5.41) is 15.4. The lowest BCUT2D eigenvalue weighted by atomic mass is 10.0. The highest BCUT2D eigenvalue weighted by molar-refractivity contribution is 7.99. The molecule has 0 spiro atoms. The van der Waals surface area contributed by atoms with Crippen molar-refractivity contribution in [2.24, 2.45) is 0 Å². The molecule has 0 saturated carbocycles. The van der Waals surface area contributed by atoms with E-state index in [0.717, 1.165) is 22.7 Å². The minimum atomic E-state index is -0.774. The monoisotopic (exact) mass is 310 g/mol.